The number of nitrogens with one attached hydrogen (secondary N) is 1. The summed E-state index contributed by atoms with van der Waals surface area (Å²) in [6.07, 6.45) is 0.446. The lowest BCUT2D eigenvalue weighted by molar-refractivity contribution is -0.137. The van der Waals surface area contributed by atoms with E-state index in [2.05, 4.69) is 5.32 Å². The third-order valence-electron chi connectivity index (χ3n) is 2.45. The fourth-order valence-electron chi connectivity index (χ4n) is 1.65. The maximum absolute atomic E-state index is 10.7. The number of carbonyl (C=O) groups is 1. The van der Waals surface area contributed by atoms with Crippen molar-refractivity contribution in [1.29, 1.82) is 0 Å². The maximum Gasteiger partial charge on any atom is 0.304 e. The van der Waals surface area contributed by atoms with Gasteiger partial charge in [0.2, 0.25) is 0 Å². The van der Waals surface area contributed by atoms with E-state index in [0.717, 1.165) is 5.56 Å². The summed E-state index contributed by atoms with van der Waals surface area (Å²) in [6.45, 7) is 0.313. The molecule has 1 atom stereocenters. The molecule has 0 aliphatic heterocycles. The highest BCUT2D eigenvalue weighted by atomic mass is 35.5. The molecule has 1 aromatic carbocycles. The Balaban J connectivity index is 2.71. The first kappa shape index (κ1) is 15.2. The summed E-state index contributed by atoms with van der Waals surface area (Å²) in [7, 11) is 0. The Morgan fingerprint density at radius 2 is 2.11 bits per heavy atom. The van der Waals surface area contributed by atoms with Gasteiger partial charge in [-0.25, -0.2) is 0 Å². The number of hydrogen-bond acceptors (Lipinski definition) is 3. The van der Waals surface area contributed by atoms with Crippen molar-refractivity contribution in [3.63, 3.8) is 0 Å². The quantitative estimate of drug-likeness (QED) is 0.718. The predicted molar refractivity (Wildman–Crippen MR) is 71.3 cm³/mol. The van der Waals surface area contributed by atoms with Gasteiger partial charge in [-0.1, -0.05) is 29.3 Å². The van der Waals surface area contributed by atoms with Gasteiger partial charge in [0.05, 0.1) is 13.0 Å². The topological polar surface area (TPSA) is 69.6 Å². The lowest BCUT2D eigenvalue weighted by Gasteiger charge is -2.17. The van der Waals surface area contributed by atoms with Gasteiger partial charge in [-0.3, -0.25) is 4.79 Å². The van der Waals surface area contributed by atoms with Gasteiger partial charge in [-0.05, 0) is 24.1 Å². The van der Waals surface area contributed by atoms with Crippen molar-refractivity contribution in [2.75, 3.05) is 13.2 Å². The minimum Gasteiger partial charge on any atom is -0.481 e. The van der Waals surface area contributed by atoms with Crippen LogP contribution < -0.4 is 5.32 Å². The van der Waals surface area contributed by atoms with Crippen LogP contribution in [-0.2, 0) is 11.2 Å². The molecule has 0 spiro atoms. The highest BCUT2D eigenvalue weighted by molar-refractivity contribution is 6.35. The van der Waals surface area contributed by atoms with E-state index in [1.165, 1.54) is 0 Å². The molecule has 1 unspecified atom stereocenters. The molecule has 18 heavy (non-hydrogen) atoms. The summed E-state index contributed by atoms with van der Waals surface area (Å²) in [6, 6.07) is 4.85. The standard InChI is InChI=1S/C12H15Cl2NO3/c13-9-2-1-8(11(14)6-9)5-10(7-12(17)18)15-3-4-16/h1-2,6,10,15-16H,3-5,7H2,(H,17,18). The van der Waals surface area contributed by atoms with E-state index in [1.807, 2.05) is 0 Å². The number of aliphatic hydroxyl groups excluding tert-OH is 1. The zero-order valence-electron chi connectivity index (χ0n) is 9.70. The van der Waals surface area contributed by atoms with Crippen LogP contribution in [0.3, 0.4) is 0 Å². The number of benzene rings is 1. The zero-order chi connectivity index (χ0) is 13.5. The van der Waals surface area contributed by atoms with Gasteiger partial charge in [0, 0.05) is 22.6 Å². The number of carboxylic acids is 1. The molecule has 0 amide bonds. The van der Waals surface area contributed by atoms with Crippen molar-refractivity contribution in [3.8, 4) is 0 Å². The summed E-state index contributed by atoms with van der Waals surface area (Å²) < 4.78 is 0. The van der Waals surface area contributed by atoms with Crippen LogP contribution in [0.25, 0.3) is 0 Å². The van der Waals surface area contributed by atoms with Crippen molar-refractivity contribution >= 4 is 29.2 Å². The molecule has 1 rings (SSSR count). The Kier molecular flexibility index (Phi) is 6.43. The number of hydrogen-bond donors (Lipinski definition) is 3. The number of aliphatic carboxylic acids is 1. The SMILES string of the molecule is O=C(O)CC(Cc1ccc(Cl)cc1Cl)NCCO. The minimum atomic E-state index is -0.893. The summed E-state index contributed by atoms with van der Waals surface area (Å²) >= 11 is 11.8. The molecule has 100 valence electrons. The lowest BCUT2D eigenvalue weighted by atomic mass is 10.0. The first-order valence-corrected chi connectivity index (χ1v) is 6.28. The number of aliphatic hydroxyl groups is 1. The Hall–Kier alpha value is -0.810. The van der Waals surface area contributed by atoms with Gasteiger partial charge >= 0.3 is 5.97 Å². The number of rotatable bonds is 7. The molecular formula is C12H15Cl2NO3. The monoisotopic (exact) mass is 291 g/mol. The van der Waals surface area contributed by atoms with Gasteiger partial charge in [0.25, 0.3) is 0 Å². The molecule has 0 aromatic heterocycles. The average Bonchev–Trinajstić information content (AvgIpc) is 2.29. The van der Waals surface area contributed by atoms with E-state index in [1.54, 1.807) is 18.2 Å². The van der Waals surface area contributed by atoms with Crippen LogP contribution in [0.2, 0.25) is 10.0 Å². The molecule has 3 N–H and O–H groups in total. The van der Waals surface area contributed by atoms with Crippen molar-refractivity contribution in [2.45, 2.75) is 18.9 Å². The van der Waals surface area contributed by atoms with E-state index >= 15 is 0 Å². The van der Waals surface area contributed by atoms with Gasteiger partial charge in [0.1, 0.15) is 0 Å². The number of halogens is 2. The number of carboxylic acid groups (broad SMARTS) is 1. The molecule has 0 radical (unpaired) electrons. The average molecular weight is 292 g/mol. The van der Waals surface area contributed by atoms with Gasteiger partial charge in [-0.2, -0.15) is 0 Å². The molecule has 0 heterocycles. The van der Waals surface area contributed by atoms with Crippen molar-refractivity contribution in [3.05, 3.63) is 33.8 Å². The van der Waals surface area contributed by atoms with Crippen molar-refractivity contribution in [2.24, 2.45) is 0 Å². The van der Waals surface area contributed by atoms with E-state index in [4.69, 9.17) is 33.4 Å². The molecule has 0 bridgehead atoms. The molecule has 0 saturated heterocycles. The van der Waals surface area contributed by atoms with Crippen molar-refractivity contribution in [1.82, 2.24) is 5.32 Å². The van der Waals surface area contributed by atoms with E-state index in [0.29, 0.717) is 23.0 Å². The Bertz CT molecular complexity index is 412. The normalized spacial score (nSPS) is 12.4. The third-order valence-corrected chi connectivity index (χ3v) is 3.03. The largest absolute Gasteiger partial charge is 0.481 e. The Morgan fingerprint density at radius 1 is 1.39 bits per heavy atom. The first-order chi connectivity index (χ1) is 8.52. The Morgan fingerprint density at radius 3 is 2.67 bits per heavy atom. The van der Waals surface area contributed by atoms with Crippen LogP contribution in [0, 0.1) is 0 Å². The predicted octanol–water partition coefficient (Wildman–Crippen LogP) is 1.96. The van der Waals surface area contributed by atoms with Gasteiger partial charge in [-0.15, -0.1) is 0 Å². The third kappa shape index (κ3) is 5.23. The van der Waals surface area contributed by atoms with Crippen LogP contribution in [0.4, 0.5) is 0 Å². The smallest absolute Gasteiger partial charge is 0.304 e. The Labute approximate surface area is 116 Å². The summed E-state index contributed by atoms with van der Waals surface area (Å²) in [5.74, 6) is -0.893. The molecule has 0 aliphatic carbocycles. The summed E-state index contributed by atoms with van der Waals surface area (Å²) in [5.41, 5.74) is 0.831. The van der Waals surface area contributed by atoms with E-state index in [-0.39, 0.29) is 19.1 Å². The van der Waals surface area contributed by atoms with Gasteiger partial charge in [0.15, 0.2) is 0 Å². The molecule has 0 aliphatic rings. The fourth-order valence-corrected chi connectivity index (χ4v) is 2.13. The van der Waals surface area contributed by atoms with Crippen LogP contribution in [0.1, 0.15) is 12.0 Å². The second-order valence-electron chi connectivity index (χ2n) is 3.91. The highest BCUT2D eigenvalue weighted by Gasteiger charge is 2.14. The van der Waals surface area contributed by atoms with Crippen molar-refractivity contribution < 1.29 is 15.0 Å². The molecule has 6 heteroatoms. The van der Waals surface area contributed by atoms with Gasteiger partial charge < -0.3 is 15.5 Å². The second kappa shape index (κ2) is 7.59. The second-order valence-corrected chi connectivity index (χ2v) is 4.76. The van der Waals surface area contributed by atoms with Crippen LogP contribution in [0.15, 0.2) is 18.2 Å². The zero-order valence-corrected chi connectivity index (χ0v) is 11.2. The molecular weight excluding hydrogens is 277 g/mol. The van der Waals surface area contributed by atoms with E-state index in [9.17, 15) is 4.79 Å². The molecule has 0 saturated carbocycles. The molecule has 4 nitrogen and oxygen atoms in total. The van der Waals surface area contributed by atoms with Crippen LogP contribution >= 0.6 is 23.2 Å². The molecule has 1 aromatic rings. The van der Waals surface area contributed by atoms with Crippen LogP contribution in [0.5, 0.6) is 0 Å². The fraction of sp³-hybridized carbons (Fsp3) is 0.417. The maximum atomic E-state index is 10.7. The van der Waals surface area contributed by atoms with E-state index < -0.39 is 5.97 Å². The lowest BCUT2D eigenvalue weighted by Crippen LogP contribution is -2.35. The molecule has 0 fully saturated rings. The first-order valence-electron chi connectivity index (χ1n) is 5.53. The highest BCUT2D eigenvalue weighted by Crippen LogP contribution is 2.22. The summed E-state index contributed by atoms with van der Waals surface area (Å²) in [4.78, 5) is 10.7. The summed E-state index contributed by atoms with van der Waals surface area (Å²) in [5, 5.41) is 21.6. The minimum absolute atomic E-state index is 0.0288. The van der Waals surface area contributed by atoms with Crippen LogP contribution in [-0.4, -0.2) is 35.4 Å².